The molecule has 0 spiro atoms. The van der Waals surface area contributed by atoms with Gasteiger partial charge in [0, 0.05) is 42.4 Å². The number of amides is 1. The number of nitrogens with zero attached hydrogens (tertiary/aromatic N) is 4. The van der Waals surface area contributed by atoms with E-state index in [0.717, 1.165) is 53.9 Å². The van der Waals surface area contributed by atoms with Crippen LogP contribution in [0.4, 0.5) is 0 Å². The van der Waals surface area contributed by atoms with Gasteiger partial charge >= 0.3 is 0 Å². The Kier molecular flexibility index (Phi) is 6.58. The number of fused-ring (bicyclic) bond motifs is 2. The van der Waals surface area contributed by atoms with E-state index in [-0.39, 0.29) is 5.91 Å². The lowest BCUT2D eigenvalue weighted by Gasteiger charge is -2.31. The number of hydrogen-bond acceptors (Lipinski definition) is 5. The zero-order chi connectivity index (χ0) is 24.5. The summed E-state index contributed by atoms with van der Waals surface area (Å²) in [6, 6.07) is 9.03. The standard InChI is InChI=1S/C27H34N6O2/c1-17(2)25-22-12-19(18-7-9-32(10-8-18)14-24(34)28-3)5-6-23(22)31-26(25)20-11-21(15-35-4)27-29-16-30-33(27)13-20/h5-6,11-13,16-18,31H,7-10,14-15H2,1-4H3,(H,28,34). The molecule has 1 amide bonds. The van der Waals surface area contributed by atoms with Gasteiger partial charge in [-0.2, -0.15) is 5.10 Å². The Morgan fingerprint density at radius 2 is 2.06 bits per heavy atom. The van der Waals surface area contributed by atoms with Gasteiger partial charge in [-0.25, -0.2) is 9.50 Å². The number of carbonyl (C=O) groups is 1. The summed E-state index contributed by atoms with van der Waals surface area (Å²) in [4.78, 5) is 22.1. The minimum Gasteiger partial charge on any atom is -0.380 e. The van der Waals surface area contributed by atoms with Crippen LogP contribution in [0.15, 0.2) is 36.8 Å². The molecule has 0 aliphatic carbocycles. The molecule has 0 atom stereocenters. The molecule has 0 bridgehead atoms. The summed E-state index contributed by atoms with van der Waals surface area (Å²) in [5.41, 5.74) is 7.90. The number of hydrogen-bond donors (Lipinski definition) is 2. The van der Waals surface area contributed by atoms with E-state index in [1.54, 1.807) is 20.5 Å². The van der Waals surface area contributed by atoms with Gasteiger partial charge < -0.3 is 15.0 Å². The highest BCUT2D eigenvalue weighted by Crippen LogP contribution is 2.38. The Balaban J connectivity index is 1.49. The Morgan fingerprint density at radius 3 is 2.77 bits per heavy atom. The molecular formula is C27H34N6O2. The van der Waals surface area contributed by atoms with Crippen molar-refractivity contribution in [2.24, 2.45) is 0 Å². The summed E-state index contributed by atoms with van der Waals surface area (Å²) in [5.74, 6) is 0.947. The highest BCUT2D eigenvalue weighted by atomic mass is 16.5. The maximum Gasteiger partial charge on any atom is 0.233 e. The molecular weight excluding hydrogens is 440 g/mol. The van der Waals surface area contributed by atoms with Gasteiger partial charge in [0.2, 0.25) is 5.91 Å². The highest BCUT2D eigenvalue weighted by Gasteiger charge is 2.24. The number of likely N-dealkylation sites (tertiary alicyclic amines) is 1. The third kappa shape index (κ3) is 4.56. The Hall–Kier alpha value is -3.23. The molecule has 1 saturated heterocycles. The zero-order valence-electron chi connectivity index (χ0n) is 21.0. The summed E-state index contributed by atoms with van der Waals surface area (Å²) in [5, 5.41) is 8.40. The van der Waals surface area contributed by atoms with E-state index in [4.69, 9.17) is 4.74 Å². The van der Waals surface area contributed by atoms with Crippen molar-refractivity contribution in [1.82, 2.24) is 29.8 Å². The van der Waals surface area contributed by atoms with E-state index in [1.165, 1.54) is 16.5 Å². The van der Waals surface area contributed by atoms with Crippen LogP contribution in [0.25, 0.3) is 27.8 Å². The van der Waals surface area contributed by atoms with Crippen LogP contribution in [0.2, 0.25) is 0 Å². The molecule has 8 nitrogen and oxygen atoms in total. The molecule has 184 valence electrons. The second-order valence-corrected chi connectivity index (χ2v) is 9.81. The van der Waals surface area contributed by atoms with E-state index < -0.39 is 0 Å². The van der Waals surface area contributed by atoms with Crippen LogP contribution in [-0.4, -0.2) is 64.2 Å². The van der Waals surface area contributed by atoms with Crippen molar-refractivity contribution in [1.29, 1.82) is 0 Å². The van der Waals surface area contributed by atoms with Crippen molar-refractivity contribution >= 4 is 22.5 Å². The maximum absolute atomic E-state index is 11.7. The molecule has 4 aromatic rings. The fourth-order valence-electron chi connectivity index (χ4n) is 5.41. The number of methoxy groups -OCH3 is 1. The molecule has 0 unspecified atom stereocenters. The molecule has 4 heterocycles. The van der Waals surface area contributed by atoms with Crippen molar-refractivity contribution in [3.63, 3.8) is 0 Å². The first-order valence-corrected chi connectivity index (χ1v) is 12.4. The molecule has 35 heavy (non-hydrogen) atoms. The number of benzene rings is 1. The van der Waals surface area contributed by atoms with Gasteiger partial charge in [0.25, 0.3) is 0 Å². The van der Waals surface area contributed by atoms with Gasteiger partial charge in [-0.1, -0.05) is 19.9 Å². The van der Waals surface area contributed by atoms with Crippen molar-refractivity contribution in [2.75, 3.05) is 33.8 Å². The molecule has 3 aromatic heterocycles. The van der Waals surface area contributed by atoms with Crippen LogP contribution in [0, 0.1) is 0 Å². The summed E-state index contributed by atoms with van der Waals surface area (Å²) in [7, 11) is 3.40. The monoisotopic (exact) mass is 474 g/mol. The quantitative estimate of drug-likeness (QED) is 0.422. The number of piperidine rings is 1. The van der Waals surface area contributed by atoms with E-state index in [9.17, 15) is 4.79 Å². The van der Waals surface area contributed by atoms with Crippen molar-refractivity contribution in [3.8, 4) is 11.3 Å². The average Bonchev–Trinajstić information content (AvgIpc) is 3.49. The number of ether oxygens (including phenoxy) is 1. The van der Waals surface area contributed by atoms with Crippen LogP contribution >= 0.6 is 0 Å². The average molecular weight is 475 g/mol. The maximum atomic E-state index is 11.7. The number of aromatic amines is 1. The van der Waals surface area contributed by atoms with Crippen molar-refractivity contribution in [2.45, 2.75) is 45.1 Å². The summed E-state index contributed by atoms with van der Waals surface area (Å²) >= 11 is 0. The number of carbonyl (C=O) groups excluding carboxylic acids is 1. The van der Waals surface area contributed by atoms with Crippen LogP contribution in [0.1, 0.15) is 55.2 Å². The van der Waals surface area contributed by atoms with Gasteiger partial charge in [0.1, 0.15) is 6.33 Å². The molecule has 2 N–H and O–H groups in total. The first kappa shape index (κ1) is 23.5. The molecule has 1 aliphatic rings. The summed E-state index contributed by atoms with van der Waals surface area (Å²) in [6.45, 7) is 7.37. The van der Waals surface area contributed by atoms with Crippen LogP contribution in [0.3, 0.4) is 0 Å². The van der Waals surface area contributed by atoms with Gasteiger partial charge in [-0.05, 0) is 67.1 Å². The van der Waals surface area contributed by atoms with E-state index in [2.05, 4.69) is 63.4 Å². The lowest BCUT2D eigenvalue weighted by atomic mass is 9.87. The lowest BCUT2D eigenvalue weighted by molar-refractivity contribution is -0.122. The van der Waals surface area contributed by atoms with Gasteiger partial charge in [0.05, 0.1) is 18.8 Å². The van der Waals surface area contributed by atoms with Gasteiger partial charge in [0.15, 0.2) is 5.65 Å². The largest absolute Gasteiger partial charge is 0.380 e. The molecule has 1 aliphatic heterocycles. The number of H-pyrrole nitrogens is 1. The van der Waals surface area contributed by atoms with Gasteiger partial charge in [-0.3, -0.25) is 9.69 Å². The molecule has 8 heteroatoms. The molecule has 5 rings (SSSR count). The molecule has 1 aromatic carbocycles. The van der Waals surface area contributed by atoms with E-state index in [0.29, 0.717) is 25.0 Å². The van der Waals surface area contributed by atoms with E-state index >= 15 is 0 Å². The minimum absolute atomic E-state index is 0.0871. The van der Waals surface area contributed by atoms with Crippen molar-refractivity contribution < 1.29 is 9.53 Å². The Morgan fingerprint density at radius 1 is 1.26 bits per heavy atom. The van der Waals surface area contributed by atoms with Crippen LogP contribution < -0.4 is 5.32 Å². The first-order valence-electron chi connectivity index (χ1n) is 12.4. The second kappa shape index (κ2) is 9.79. The molecule has 0 radical (unpaired) electrons. The predicted octanol–water partition coefficient (Wildman–Crippen LogP) is 4.07. The third-order valence-corrected chi connectivity index (χ3v) is 7.19. The smallest absolute Gasteiger partial charge is 0.233 e. The van der Waals surface area contributed by atoms with Crippen LogP contribution in [0.5, 0.6) is 0 Å². The summed E-state index contributed by atoms with van der Waals surface area (Å²) < 4.78 is 7.26. The summed E-state index contributed by atoms with van der Waals surface area (Å²) in [6.07, 6.45) is 5.76. The Bertz CT molecular complexity index is 1350. The Labute approximate surface area is 205 Å². The van der Waals surface area contributed by atoms with Crippen molar-refractivity contribution in [3.05, 3.63) is 53.5 Å². The number of likely N-dealkylation sites (N-methyl/N-ethyl adjacent to an activating group) is 1. The fourth-order valence-corrected chi connectivity index (χ4v) is 5.41. The predicted molar refractivity (Wildman–Crippen MR) is 138 cm³/mol. The highest BCUT2D eigenvalue weighted by molar-refractivity contribution is 5.92. The van der Waals surface area contributed by atoms with E-state index in [1.807, 2.05) is 10.7 Å². The van der Waals surface area contributed by atoms with Crippen LogP contribution in [-0.2, 0) is 16.1 Å². The molecule has 0 saturated carbocycles. The number of pyridine rings is 1. The topological polar surface area (TPSA) is 87.5 Å². The zero-order valence-corrected chi connectivity index (χ0v) is 21.0. The number of nitrogens with one attached hydrogen (secondary N) is 2. The molecule has 1 fully saturated rings. The SMILES string of the molecule is CNC(=O)CN1CCC(c2ccc3[nH]c(-c4cc(COC)c5ncnn5c4)c(C(C)C)c3c2)CC1. The minimum atomic E-state index is 0.0871. The normalized spacial score (nSPS) is 15.5. The van der Waals surface area contributed by atoms with Gasteiger partial charge in [-0.15, -0.1) is 0 Å². The fraction of sp³-hybridized carbons (Fsp3) is 0.444. The third-order valence-electron chi connectivity index (χ3n) is 7.19. The number of rotatable bonds is 7. The number of aromatic nitrogens is 4. The lowest BCUT2D eigenvalue weighted by Crippen LogP contribution is -2.40. The second-order valence-electron chi connectivity index (χ2n) is 9.81. The first-order chi connectivity index (χ1) is 17.0.